The zero-order chi connectivity index (χ0) is 22.6. The molecule has 6 heteroatoms. The highest BCUT2D eigenvalue weighted by atomic mass is 16.5. The van der Waals surface area contributed by atoms with Gasteiger partial charge in [-0.3, -0.25) is 0 Å². The topological polar surface area (TPSA) is 87.1 Å². The van der Waals surface area contributed by atoms with Crippen LogP contribution < -0.4 is 0 Å². The number of hydrogen-bond acceptors (Lipinski definition) is 4. The molecule has 0 aliphatic heterocycles. The molecule has 0 amide bonds. The van der Waals surface area contributed by atoms with Gasteiger partial charge in [0.25, 0.3) is 0 Å². The van der Waals surface area contributed by atoms with Gasteiger partial charge in [-0.2, -0.15) is 0 Å². The number of hydrogen-bond donors (Lipinski definition) is 2. The number of carboxylic acids is 2. The predicted octanol–water partition coefficient (Wildman–Crippen LogP) is 4.02. The molecule has 2 saturated carbocycles. The van der Waals surface area contributed by atoms with E-state index in [9.17, 15) is 9.59 Å². The minimum absolute atomic E-state index is 0.114. The summed E-state index contributed by atoms with van der Waals surface area (Å²) in [6.07, 6.45) is 4.93. The molecule has 0 radical (unpaired) electrons. The third kappa shape index (κ3) is 4.60. The minimum Gasteiger partial charge on any atom is -0.478 e. The summed E-state index contributed by atoms with van der Waals surface area (Å²) in [5, 5.41) is 15.6. The van der Waals surface area contributed by atoms with E-state index in [4.69, 9.17) is 14.9 Å². The number of fused-ring (bicyclic) bond motifs is 2. The van der Waals surface area contributed by atoms with E-state index in [1.54, 1.807) is 0 Å². The van der Waals surface area contributed by atoms with Crippen LogP contribution in [0.3, 0.4) is 0 Å². The highest BCUT2D eigenvalue weighted by Gasteiger charge is 2.69. The number of aliphatic carboxylic acids is 2. The molecule has 0 saturated heterocycles. The van der Waals surface area contributed by atoms with Gasteiger partial charge in [0.15, 0.2) is 0 Å². The fraction of sp³-hybridized carbons (Fsp3) is 0.583. The van der Waals surface area contributed by atoms with Crippen molar-refractivity contribution in [1.82, 2.24) is 4.90 Å². The average molecular weight is 418 g/mol. The van der Waals surface area contributed by atoms with Gasteiger partial charge >= 0.3 is 11.9 Å². The Morgan fingerprint density at radius 3 is 2.07 bits per heavy atom. The Morgan fingerprint density at radius 1 is 1.10 bits per heavy atom. The lowest BCUT2D eigenvalue weighted by atomic mass is 9.62. The summed E-state index contributed by atoms with van der Waals surface area (Å²) < 4.78 is 6.72. The number of rotatable bonds is 7. The second kappa shape index (κ2) is 9.31. The van der Waals surface area contributed by atoms with E-state index in [2.05, 4.69) is 70.1 Å². The lowest BCUT2D eigenvalue weighted by molar-refractivity contribution is -0.148. The van der Waals surface area contributed by atoms with E-state index < -0.39 is 11.9 Å². The minimum atomic E-state index is -1.26. The first-order valence-corrected chi connectivity index (χ1v) is 10.4. The zero-order valence-electron chi connectivity index (χ0n) is 18.7. The molecule has 1 aromatic carbocycles. The van der Waals surface area contributed by atoms with Crippen LogP contribution in [-0.2, 0) is 19.9 Å². The van der Waals surface area contributed by atoms with E-state index in [-0.39, 0.29) is 11.0 Å². The molecule has 0 aromatic heterocycles. The van der Waals surface area contributed by atoms with Crippen molar-refractivity contribution in [2.24, 2.45) is 16.7 Å². The maximum absolute atomic E-state index is 9.55. The highest BCUT2D eigenvalue weighted by Crippen LogP contribution is 2.73. The zero-order valence-corrected chi connectivity index (χ0v) is 18.7. The SMILES string of the molecule is CN(C)CCO[C@]1(c2ccccc2)C[C@H]2CC[C@]1(C)C2(C)C.O=C(O)/C=C/C(=O)O. The van der Waals surface area contributed by atoms with Crippen LogP contribution in [-0.4, -0.2) is 54.3 Å². The fourth-order valence-corrected chi connectivity index (χ4v) is 5.24. The first-order chi connectivity index (χ1) is 14.0. The molecule has 2 fully saturated rings. The smallest absolute Gasteiger partial charge is 0.328 e. The molecule has 30 heavy (non-hydrogen) atoms. The van der Waals surface area contributed by atoms with Crippen LogP contribution in [0.1, 0.15) is 45.6 Å². The largest absolute Gasteiger partial charge is 0.478 e. The Kier molecular flexibility index (Phi) is 7.48. The molecule has 2 aliphatic carbocycles. The molecule has 166 valence electrons. The van der Waals surface area contributed by atoms with Gasteiger partial charge in [-0.25, -0.2) is 9.59 Å². The van der Waals surface area contributed by atoms with E-state index in [1.165, 1.54) is 24.8 Å². The quantitative estimate of drug-likeness (QED) is 0.652. The maximum Gasteiger partial charge on any atom is 0.328 e. The van der Waals surface area contributed by atoms with Crippen molar-refractivity contribution in [2.45, 2.75) is 45.6 Å². The second-order valence-electron chi connectivity index (χ2n) is 9.35. The summed E-state index contributed by atoms with van der Waals surface area (Å²) in [5.74, 6) is -1.74. The van der Waals surface area contributed by atoms with E-state index in [0.29, 0.717) is 17.6 Å². The second-order valence-corrected chi connectivity index (χ2v) is 9.35. The normalized spacial score (nSPS) is 29.1. The van der Waals surface area contributed by atoms with Gasteiger partial charge in [-0.05, 0) is 50.3 Å². The lowest BCUT2D eigenvalue weighted by Gasteiger charge is -2.49. The number of likely N-dealkylation sites (N-methyl/N-ethyl adjacent to an activating group) is 1. The number of benzene rings is 1. The van der Waals surface area contributed by atoms with Crippen molar-refractivity contribution in [3.8, 4) is 0 Å². The summed E-state index contributed by atoms with van der Waals surface area (Å²) in [6, 6.07) is 11.0. The van der Waals surface area contributed by atoms with Crippen LogP contribution in [0, 0.1) is 16.7 Å². The highest BCUT2D eigenvalue weighted by molar-refractivity contribution is 5.89. The molecular weight excluding hydrogens is 382 g/mol. The number of ether oxygens (including phenoxy) is 1. The lowest BCUT2D eigenvalue weighted by Crippen LogP contribution is -2.47. The Labute approximate surface area is 179 Å². The number of carboxylic acid groups (broad SMARTS) is 2. The predicted molar refractivity (Wildman–Crippen MR) is 116 cm³/mol. The van der Waals surface area contributed by atoms with E-state index in [0.717, 1.165) is 19.1 Å². The van der Waals surface area contributed by atoms with Crippen molar-refractivity contribution >= 4 is 11.9 Å². The molecule has 0 spiro atoms. The summed E-state index contributed by atoms with van der Waals surface area (Å²) in [7, 11) is 4.23. The molecule has 3 atom stereocenters. The van der Waals surface area contributed by atoms with Crippen LogP contribution >= 0.6 is 0 Å². The average Bonchev–Trinajstić information content (AvgIpc) is 3.00. The van der Waals surface area contributed by atoms with Crippen molar-refractivity contribution in [2.75, 3.05) is 27.2 Å². The van der Waals surface area contributed by atoms with Gasteiger partial charge in [0.1, 0.15) is 0 Å². The van der Waals surface area contributed by atoms with Crippen LogP contribution in [0.4, 0.5) is 0 Å². The van der Waals surface area contributed by atoms with Gasteiger partial charge in [0.2, 0.25) is 0 Å². The van der Waals surface area contributed by atoms with Gasteiger partial charge in [-0.1, -0.05) is 51.1 Å². The Balaban J connectivity index is 0.000000343. The number of carbonyl (C=O) groups is 2. The van der Waals surface area contributed by atoms with E-state index >= 15 is 0 Å². The van der Waals surface area contributed by atoms with Crippen molar-refractivity contribution in [3.05, 3.63) is 48.0 Å². The fourth-order valence-electron chi connectivity index (χ4n) is 5.24. The molecule has 6 nitrogen and oxygen atoms in total. The first-order valence-electron chi connectivity index (χ1n) is 10.4. The third-order valence-electron chi connectivity index (χ3n) is 7.36. The first kappa shape index (κ1) is 24.1. The molecule has 3 rings (SSSR count). The van der Waals surface area contributed by atoms with Crippen LogP contribution in [0.25, 0.3) is 0 Å². The van der Waals surface area contributed by atoms with Crippen molar-refractivity contribution in [1.29, 1.82) is 0 Å². The Bertz CT molecular complexity index is 757. The Morgan fingerprint density at radius 2 is 1.67 bits per heavy atom. The monoisotopic (exact) mass is 417 g/mol. The molecular formula is C24H35NO5. The molecule has 2 N–H and O–H groups in total. The number of nitrogens with zero attached hydrogens (tertiary/aromatic N) is 1. The van der Waals surface area contributed by atoms with E-state index in [1.807, 2.05) is 0 Å². The van der Waals surface area contributed by atoms with Gasteiger partial charge in [0.05, 0.1) is 12.2 Å². The van der Waals surface area contributed by atoms with Crippen LogP contribution in [0.5, 0.6) is 0 Å². The summed E-state index contributed by atoms with van der Waals surface area (Å²) in [6.45, 7) is 9.19. The summed E-state index contributed by atoms with van der Waals surface area (Å²) in [5.41, 5.74) is 1.84. The van der Waals surface area contributed by atoms with Crippen LogP contribution in [0.15, 0.2) is 42.5 Å². The molecule has 1 aromatic rings. The molecule has 0 unspecified atom stereocenters. The van der Waals surface area contributed by atoms with Crippen LogP contribution in [0.2, 0.25) is 0 Å². The van der Waals surface area contributed by atoms with Crippen molar-refractivity contribution < 1.29 is 24.5 Å². The maximum atomic E-state index is 9.55. The standard InChI is InChI=1S/C20H31NO.C4H4O4/c1-18(2)17-11-12-19(18,3)20(15-17,22-14-13-21(4)5)16-9-7-6-8-10-16;5-3(6)1-2-4(7)8/h6-10,17H,11-15H2,1-5H3;1-2H,(H,5,6)(H,7,8)/b;2-1+/t17-,19-,20+;/m1./s1. The summed E-state index contributed by atoms with van der Waals surface area (Å²) in [4.78, 5) is 21.3. The van der Waals surface area contributed by atoms with Gasteiger partial charge in [0, 0.05) is 24.1 Å². The molecule has 2 bridgehead atoms. The van der Waals surface area contributed by atoms with Crippen molar-refractivity contribution in [3.63, 3.8) is 0 Å². The Hall–Kier alpha value is -2.18. The summed E-state index contributed by atoms with van der Waals surface area (Å²) >= 11 is 0. The molecule has 0 heterocycles. The van der Waals surface area contributed by atoms with Gasteiger partial charge in [-0.15, -0.1) is 0 Å². The van der Waals surface area contributed by atoms with Gasteiger partial charge < -0.3 is 19.8 Å². The third-order valence-corrected chi connectivity index (χ3v) is 7.36. The molecule has 2 aliphatic rings.